The number of rotatable bonds is 8. The lowest BCUT2D eigenvalue weighted by molar-refractivity contribution is -0.0736. The van der Waals surface area contributed by atoms with Crippen LogP contribution in [0, 0.1) is 0 Å². The monoisotopic (exact) mass is 290 g/mol. The van der Waals surface area contributed by atoms with Crippen molar-refractivity contribution in [1.29, 1.82) is 0 Å². The molecule has 1 aliphatic heterocycles. The van der Waals surface area contributed by atoms with Gasteiger partial charge in [-0.15, -0.1) is 0 Å². The van der Waals surface area contributed by atoms with Crippen molar-refractivity contribution < 1.29 is 4.74 Å². The van der Waals surface area contributed by atoms with Crippen molar-refractivity contribution >= 4 is 0 Å². The van der Waals surface area contributed by atoms with Crippen molar-refractivity contribution in [1.82, 2.24) is 10.2 Å². The van der Waals surface area contributed by atoms with Crippen molar-refractivity contribution in [3.63, 3.8) is 0 Å². The first-order valence-corrected chi connectivity index (χ1v) is 8.43. The van der Waals surface area contributed by atoms with Crippen molar-refractivity contribution in [3.05, 3.63) is 35.9 Å². The minimum Gasteiger partial charge on any atom is -0.370 e. The van der Waals surface area contributed by atoms with E-state index >= 15 is 0 Å². The van der Waals surface area contributed by atoms with Crippen LogP contribution in [0.15, 0.2) is 30.3 Å². The van der Waals surface area contributed by atoms with E-state index in [1.165, 1.54) is 5.56 Å². The molecule has 1 fully saturated rings. The molecule has 21 heavy (non-hydrogen) atoms. The Morgan fingerprint density at radius 1 is 1.10 bits per heavy atom. The lowest BCUT2D eigenvalue weighted by atomic mass is 9.85. The average Bonchev–Trinajstić information content (AvgIpc) is 2.57. The van der Waals surface area contributed by atoms with Crippen LogP contribution in [-0.2, 0) is 10.3 Å². The smallest absolute Gasteiger partial charge is 0.0955 e. The van der Waals surface area contributed by atoms with E-state index in [0.29, 0.717) is 0 Å². The molecule has 0 amide bonds. The van der Waals surface area contributed by atoms with Gasteiger partial charge in [0.05, 0.1) is 5.60 Å². The zero-order valence-corrected chi connectivity index (χ0v) is 13.6. The minimum atomic E-state index is -0.0736. The Balaban J connectivity index is 1.92. The molecule has 1 saturated heterocycles. The van der Waals surface area contributed by atoms with Crippen LogP contribution < -0.4 is 5.32 Å². The molecule has 1 heterocycles. The summed E-state index contributed by atoms with van der Waals surface area (Å²) in [6.45, 7) is 10.8. The van der Waals surface area contributed by atoms with Crippen LogP contribution in [0.1, 0.15) is 38.7 Å². The number of nitrogens with zero attached hydrogens (tertiary/aromatic N) is 1. The standard InChI is InChI=1S/C18H30N2O/c1-3-20(4-2)15-8-16-21-18(11-13-19-14-12-18)17-9-6-5-7-10-17/h5-7,9-10,19H,3-4,8,11-16H2,1-2H3. The first-order chi connectivity index (χ1) is 10.3. The van der Waals surface area contributed by atoms with E-state index in [0.717, 1.165) is 58.6 Å². The number of piperidine rings is 1. The summed E-state index contributed by atoms with van der Waals surface area (Å²) in [5.74, 6) is 0. The van der Waals surface area contributed by atoms with Crippen LogP contribution in [0.3, 0.4) is 0 Å². The highest BCUT2D eigenvalue weighted by Gasteiger charge is 2.34. The van der Waals surface area contributed by atoms with E-state index < -0.39 is 0 Å². The Labute approximate surface area is 129 Å². The maximum Gasteiger partial charge on any atom is 0.0955 e. The van der Waals surface area contributed by atoms with Crippen LogP contribution in [0.4, 0.5) is 0 Å². The molecule has 0 aliphatic carbocycles. The van der Waals surface area contributed by atoms with Crippen molar-refractivity contribution in [2.24, 2.45) is 0 Å². The third-order valence-electron chi connectivity index (χ3n) is 4.60. The zero-order chi connectivity index (χ0) is 15.0. The van der Waals surface area contributed by atoms with Gasteiger partial charge in [0.2, 0.25) is 0 Å². The number of benzene rings is 1. The fourth-order valence-corrected chi connectivity index (χ4v) is 3.18. The van der Waals surface area contributed by atoms with Gasteiger partial charge in [-0.05, 0) is 51.0 Å². The molecule has 0 bridgehead atoms. The van der Waals surface area contributed by atoms with Gasteiger partial charge in [-0.3, -0.25) is 0 Å². The van der Waals surface area contributed by atoms with Gasteiger partial charge in [-0.2, -0.15) is 0 Å². The van der Waals surface area contributed by atoms with Gasteiger partial charge in [-0.25, -0.2) is 0 Å². The third kappa shape index (κ3) is 4.53. The second-order valence-corrected chi connectivity index (χ2v) is 5.84. The van der Waals surface area contributed by atoms with E-state index in [1.54, 1.807) is 0 Å². The van der Waals surface area contributed by atoms with Gasteiger partial charge in [-0.1, -0.05) is 44.2 Å². The van der Waals surface area contributed by atoms with Gasteiger partial charge < -0.3 is 15.0 Å². The molecule has 118 valence electrons. The molecule has 3 heteroatoms. The number of hydrogen-bond acceptors (Lipinski definition) is 3. The van der Waals surface area contributed by atoms with Gasteiger partial charge in [0.15, 0.2) is 0 Å². The Hall–Kier alpha value is -0.900. The van der Waals surface area contributed by atoms with Crippen LogP contribution in [0.25, 0.3) is 0 Å². The SMILES string of the molecule is CCN(CC)CCCOC1(c2ccccc2)CCNCC1. The highest BCUT2D eigenvalue weighted by atomic mass is 16.5. The predicted octanol–water partition coefficient (Wildman–Crippen LogP) is 3.01. The molecule has 0 radical (unpaired) electrons. The van der Waals surface area contributed by atoms with Gasteiger partial charge in [0, 0.05) is 13.2 Å². The summed E-state index contributed by atoms with van der Waals surface area (Å²) in [6, 6.07) is 10.8. The molecule has 1 aliphatic rings. The molecule has 1 aromatic carbocycles. The Kier molecular flexibility index (Phi) is 6.68. The van der Waals surface area contributed by atoms with E-state index in [1.807, 2.05) is 0 Å². The van der Waals surface area contributed by atoms with Crippen molar-refractivity contribution in [2.75, 3.05) is 39.3 Å². The maximum absolute atomic E-state index is 6.43. The summed E-state index contributed by atoms with van der Waals surface area (Å²) in [4.78, 5) is 2.46. The predicted molar refractivity (Wildman–Crippen MR) is 88.6 cm³/mol. The molecule has 0 aromatic heterocycles. The summed E-state index contributed by atoms with van der Waals surface area (Å²) in [5.41, 5.74) is 1.27. The van der Waals surface area contributed by atoms with E-state index in [4.69, 9.17) is 4.74 Å². The molecule has 0 atom stereocenters. The fourth-order valence-electron chi connectivity index (χ4n) is 3.18. The number of nitrogens with one attached hydrogen (secondary N) is 1. The Bertz CT molecular complexity index is 383. The second-order valence-electron chi connectivity index (χ2n) is 5.84. The van der Waals surface area contributed by atoms with Crippen molar-refractivity contribution in [2.45, 2.75) is 38.7 Å². The largest absolute Gasteiger partial charge is 0.370 e. The topological polar surface area (TPSA) is 24.5 Å². The summed E-state index contributed by atoms with van der Waals surface area (Å²) in [6.07, 6.45) is 3.26. The first kappa shape index (κ1) is 16.5. The zero-order valence-electron chi connectivity index (χ0n) is 13.6. The lowest BCUT2D eigenvalue weighted by Crippen LogP contribution is -2.42. The molecule has 2 rings (SSSR count). The molecule has 0 saturated carbocycles. The maximum atomic E-state index is 6.43. The summed E-state index contributed by atoms with van der Waals surface area (Å²) < 4.78 is 6.43. The summed E-state index contributed by atoms with van der Waals surface area (Å²) in [5, 5.41) is 3.45. The van der Waals surface area contributed by atoms with Gasteiger partial charge >= 0.3 is 0 Å². The van der Waals surface area contributed by atoms with Crippen molar-refractivity contribution in [3.8, 4) is 0 Å². The van der Waals surface area contributed by atoms with Crippen LogP contribution in [0.5, 0.6) is 0 Å². The molecule has 1 N–H and O–H groups in total. The summed E-state index contributed by atoms with van der Waals surface area (Å²) in [7, 11) is 0. The quantitative estimate of drug-likeness (QED) is 0.745. The van der Waals surface area contributed by atoms with E-state index in [-0.39, 0.29) is 5.60 Å². The number of hydrogen-bond donors (Lipinski definition) is 1. The normalized spacial score (nSPS) is 18.0. The molecule has 1 aromatic rings. The molecule has 0 spiro atoms. The molecular weight excluding hydrogens is 260 g/mol. The van der Waals surface area contributed by atoms with E-state index in [2.05, 4.69) is 54.4 Å². The second kappa shape index (κ2) is 8.52. The van der Waals surface area contributed by atoms with Crippen LogP contribution in [-0.4, -0.2) is 44.2 Å². The number of ether oxygens (including phenoxy) is 1. The third-order valence-corrected chi connectivity index (χ3v) is 4.60. The Morgan fingerprint density at radius 3 is 2.38 bits per heavy atom. The average molecular weight is 290 g/mol. The summed E-state index contributed by atoms with van der Waals surface area (Å²) >= 11 is 0. The Morgan fingerprint density at radius 2 is 1.76 bits per heavy atom. The molecular formula is C18H30N2O. The van der Waals surface area contributed by atoms with Crippen LogP contribution in [0.2, 0.25) is 0 Å². The highest BCUT2D eigenvalue weighted by molar-refractivity contribution is 5.23. The lowest BCUT2D eigenvalue weighted by Gasteiger charge is -2.38. The highest BCUT2D eigenvalue weighted by Crippen LogP contribution is 2.34. The van der Waals surface area contributed by atoms with Crippen LogP contribution >= 0.6 is 0 Å². The van der Waals surface area contributed by atoms with Gasteiger partial charge in [0.1, 0.15) is 0 Å². The molecule has 3 nitrogen and oxygen atoms in total. The van der Waals surface area contributed by atoms with Gasteiger partial charge in [0.25, 0.3) is 0 Å². The molecule has 0 unspecified atom stereocenters. The van der Waals surface area contributed by atoms with E-state index in [9.17, 15) is 0 Å². The first-order valence-electron chi connectivity index (χ1n) is 8.43. The minimum absolute atomic E-state index is 0.0736. The fraction of sp³-hybridized carbons (Fsp3) is 0.667.